The van der Waals surface area contributed by atoms with Crippen molar-refractivity contribution >= 4 is 29.2 Å². The van der Waals surface area contributed by atoms with Gasteiger partial charge in [-0.25, -0.2) is 4.79 Å². The third-order valence-electron chi connectivity index (χ3n) is 2.59. The number of hydrogen-bond acceptors (Lipinski definition) is 4. The Labute approximate surface area is 117 Å². The third kappa shape index (κ3) is 4.13. The van der Waals surface area contributed by atoms with Crippen molar-refractivity contribution < 1.29 is 14.3 Å². The van der Waals surface area contributed by atoms with Crippen molar-refractivity contribution in [3.8, 4) is 0 Å². The maximum Gasteiger partial charge on any atom is 0.328 e. The Hall–Kier alpha value is -1.75. The van der Waals surface area contributed by atoms with Gasteiger partial charge in [0.25, 0.3) is 5.91 Å². The van der Waals surface area contributed by atoms with E-state index in [2.05, 4.69) is 10.1 Å². The molecule has 1 atom stereocenters. The van der Waals surface area contributed by atoms with Gasteiger partial charge < -0.3 is 15.8 Å². The molecule has 0 aromatic heterocycles. The van der Waals surface area contributed by atoms with E-state index < -0.39 is 17.9 Å². The normalized spacial score (nSPS) is 12.1. The molecule has 1 aromatic carbocycles. The molecular formula is C13H17ClN2O3. The van der Waals surface area contributed by atoms with Crippen LogP contribution in [0.25, 0.3) is 0 Å². The monoisotopic (exact) mass is 284 g/mol. The number of hydrogen-bond donors (Lipinski definition) is 2. The zero-order valence-electron chi connectivity index (χ0n) is 11.1. The molecule has 3 N–H and O–H groups in total. The molecule has 1 aromatic rings. The smallest absolute Gasteiger partial charge is 0.328 e. The number of carbonyl (C=O) groups excluding carboxylic acids is 2. The first-order chi connectivity index (χ1) is 8.85. The van der Waals surface area contributed by atoms with Gasteiger partial charge in [-0.05, 0) is 24.1 Å². The van der Waals surface area contributed by atoms with E-state index in [1.807, 2.05) is 13.8 Å². The second kappa shape index (κ2) is 6.43. The minimum atomic E-state index is -0.710. The van der Waals surface area contributed by atoms with Gasteiger partial charge in [-0.1, -0.05) is 25.4 Å². The molecule has 0 radical (unpaired) electrons. The largest absolute Gasteiger partial charge is 0.467 e. The molecule has 6 heteroatoms. The summed E-state index contributed by atoms with van der Waals surface area (Å²) in [6.07, 6.45) is 0. The van der Waals surface area contributed by atoms with Crippen molar-refractivity contribution in [1.29, 1.82) is 0 Å². The Morgan fingerprint density at radius 3 is 2.42 bits per heavy atom. The van der Waals surface area contributed by atoms with Crippen LogP contribution < -0.4 is 11.1 Å². The van der Waals surface area contributed by atoms with Gasteiger partial charge in [-0.2, -0.15) is 0 Å². The summed E-state index contributed by atoms with van der Waals surface area (Å²) >= 11 is 5.83. The highest BCUT2D eigenvalue weighted by molar-refractivity contribution is 6.31. The summed E-state index contributed by atoms with van der Waals surface area (Å²) < 4.78 is 4.65. The average molecular weight is 285 g/mol. The molecule has 1 amide bonds. The summed E-state index contributed by atoms with van der Waals surface area (Å²) in [6, 6.07) is 3.81. The minimum Gasteiger partial charge on any atom is -0.467 e. The molecule has 0 saturated carbocycles. The van der Waals surface area contributed by atoms with E-state index in [4.69, 9.17) is 17.3 Å². The number of halogens is 1. The first-order valence-corrected chi connectivity index (χ1v) is 6.17. The Kier molecular flexibility index (Phi) is 5.18. The van der Waals surface area contributed by atoms with Gasteiger partial charge in [0.15, 0.2) is 0 Å². The number of nitrogen functional groups attached to an aromatic ring is 1. The van der Waals surface area contributed by atoms with Gasteiger partial charge in [0.05, 0.1) is 7.11 Å². The zero-order valence-corrected chi connectivity index (χ0v) is 11.8. The molecule has 0 aliphatic carbocycles. The summed E-state index contributed by atoms with van der Waals surface area (Å²) in [6.45, 7) is 3.63. The van der Waals surface area contributed by atoms with Crippen LogP contribution >= 0.6 is 11.6 Å². The molecular weight excluding hydrogens is 268 g/mol. The van der Waals surface area contributed by atoms with Crippen LogP contribution in [0.4, 0.5) is 5.69 Å². The fourth-order valence-corrected chi connectivity index (χ4v) is 1.84. The fourth-order valence-electron chi connectivity index (χ4n) is 1.59. The quantitative estimate of drug-likeness (QED) is 0.653. The molecule has 0 unspecified atom stereocenters. The number of anilines is 1. The van der Waals surface area contributed by atoms with Crippen molar-refractivity contribution in [2.45, 2.75) is 19.9 Å². The van der Waals surface area contributed by atoms with Crippen molar-refractivity contribution in [1.82, 2.24) is 5.32 Å². The van der Waals surface area contributed by atoms with Crippen LogP contribution in [0.15, 0.2) is 18.2 Å². The van der Waals surface area contributed by atoms with Crippen LogP contribution in [-0.2, 0) is 9.53 Å². The van der Waals surface area contributed by atoms with Crippen molar-refractivity contribution in [2.75, 3.05) is 12.8 Å². The summed E-state index contributed by atoms with van der Waals surface area (Å²) in [5.74, 6) is -0.996. The number of esters is 1. The highest BCUT2D eigenvalue weighted by Crippen LogP contribution is 2.17. The molecule has 104 valence electrons. The zero-order chi connectivity index (χ0) is 14.6. The van der Waals surface area contributed by atoms with E-state index in [1.165, 1.54) is 19.2 Å². The van der Waals surface area contributed by atoms with Gasteiger partial charge in [0, 0.05) is 16.3 Å². The number of amides is 1. The summed E-state index contributed by atoms with van der Waals surface area (Å²) in [4.78, 5) is 23.6. The predicted octanol–water partition coefficient (Wildman–Crippen LogP) is 1.85. The summed E-state index contributed by atoms with van der Waals surface area (Å²) in [7, 11) is 1.28. The molecule has 0 fully saturated rings. The van der Waals surface area contributed by atoms with E-state index in [1.54, 1.807) is 6.07 Å². The molecule has 0 bridgehead atoms. The third-order valence-corrected chi connectivity index (χ3v) is 2.81. The Morgan fingerprint density at radius 1 is 1.32 bits per heavy atom. The van der Waals surface area contributed by atoms with Gasteiger partial charge in [-0.3, -0.25) is 4.79 Å². The van der Waals surface area contributed by atoms with E-state index >= 15 is 0 Å². The molecule has 0 saturated heterocycles. The van der Waals surface area contributed by atoms with Crippen molar-refractivity contribution in [3.63, 3.8) is 0 Å². The molecule has 1 rings (SSSR count). The second-order valence-electron chi connectivity index (χ2n) is 4.49. The number of nitrogens with one attached hydrogen (secondary N) is 1. The van der Waals surface area contributed by atoms with Crippen LogP contribution in [0, 0.1) is 5.92 Å². The number of nitrogens with two attached hydrogens (primary N) is 1. The van der Waals surface area contributed by atoms with Gasteiger partial charge >= 0.3 is 5.97 Å². The Morgan fingerprint density at radius 2 is 1.95 bits per heavy atom. The number of carbonyl (C=O) groups is 2. The van der Waals surface area contributed by atoms with Crippen molar-refractivity contribution in [2.24, 2.45) is 5.92 Å². The van der Waals surface area contributed by atoms with Gasteiger partial charge in [0.2, 0.25) is 0 Å². The Bertz CT molecular complexity index is 469. The van der Waals surface area contributed by atoms with E-state index in [-0.39, 0.29) is 5.92 Å². The molecule has 5 nitrogen and oxygen atoms in total. The van der Waals surface area contributed by atoms with E-state index in [9.17, 15) is 9.59 Å². The molecule has 0 heterocycles. The maximum absolute atomic E-state index is 12.1. The van der Waals surface area contributed by atoms with Crippen molar-refractivity contribution in [3.05, 3.63) is 28.8 Å². The first-order valence-electron chi connectivity index (χ1n) is 5.80. The standard InChI is InChI=1S/C13H17ClN2O3/c1-7(2)11(13(18)19-3)16-12(17)8-4-9(14)6-10(15)5-8/h4-7,11H,15H2,1-3H3,(H,16,17)/t11-/m0/s1. The van der Waals surface area contributed by atoms with E-state index in [0.29, 0.717) is 16.3 Å². The van der Waals surface area contributed by atoms with Crippen LogP contribution in [0.1, 0.15) is 24.2 Å². The number of ether oxygens (including phenoxy) is 1. The lowest BCUT2D eigenvalue weighted by Gasteiger charge is -2.19. The van der Waals surface area contributed by atoms with Crippen LogP contribution in [0.5, 0.6) is 0 Å². The second-order valence-corrected chi connectivity index (χ2v) is 4.93. The number of methoxy groups -OCH3 is 1. The highest BCUT2D eigenvalue weighted by Gasteiger charge is 2.25. The highest BCUT2D eigenvalue weighted by atomic mass is 35.5. The SMILES string of the molecule is COC(=O)[C@@H](NC(=O)c1cc(N)cc(Cl)c1)C(C)C. The molecule has 0 aliphatic heterocycles. The van der Waals surface area contributed by atoms with Crippen LogP contribution in [-0.4, -0.2) is 25.0 Å². The summed E-state index contributed by atoms with van der Waals surface area (Å²) in [5, 5.41) is 2.98. The summed E-state index contributed by atoms with van der Waals surface area (Å²) in [5.41, 5.74) is 6.31. The lowest BCUT2D eigenvalue weighted by atomic mass is 10.0. The predicted molar refractivity (Wildman–Crippen MR) is 74.0 cm³/mol. The van der Waals surface area contributed by atoms with E-state index in [0.717, 1.165) is 0 Å². The molecule has 19 heavy (non-hydrogen) atoms. The first kappa shape index (κ1) is 15.3. The lowest BCUT2D eigenvalue weighted by Crippen LogP contribution is -2.45. The minimum absolute atomic E-state index is 0.0899. The van der Waals surface area contributed by atoms with Crippen LogP contribution in [0.2, 0.25) is 5.02 Å². The van der Waals surface area contributed by atoms with Crippen LogP contribution in [0.3, 0.4) is 0 Å². The average Bonchev–Trinajstić information content (AvgIpc) is 2.33. The van der Waals surface area contributed by atoms with Gasteiger partial charge in [0.1, 0.15) is 6.04 Å². The molecule has 0 spiro atoms. The molecule has 0 aliphatic rings. The number of benzene rings is 1. The lowest BCUT2D eigenvalue weighted by molar-refractivity contribution is -0.144. The fraction of sp³-hybridized carbons (Fsp3) is 0.385. The topological polar surface area (TPSA) is 81.4 Å². The Balaban J connectivity index is 2.90. The maximum atomic E-state index is 12.1. The van der Waals surface area contributed by atoms with Gasteiger partial charge in [-0.15, -0.1) is 0 Å². The number of rotatable bonds is 4.